The predicted octanol–water partition coefficient (Wildman–Crippen LogP) is 3.02. The van der Waals surface area contributed by atoms with E-state index >= 15 is 0 Å². The van der Waals surface area contributed by atoms with Gasteiger partial charge in [-0.2, -0.15) is 5.26 Å². The molecule has 1 aliphatic heterocycles. The Hall–Kier alpha value is -1.60. The highest BCUT2D eigenvalue weighted by Gasteiger charge is 2.16. The fourth-order valence-corrected chi connectivity index (χ4v) is 2.79. The molecule has 0 aromatic carbocycles. The summed E-state index contributed by atoms with van der Waals surface area (Å²) in [4.78, 5) is 6.66. The van der Waals surface area contributed by atoms with Gasteiger partial charge in [0.25, 0.3) is 0 Å². The number of piperidine rings is 1. The van der Waals surface area contributed by atoms with Gasteiger partial charge in [0.15, 0.2) is 0 Å². The van der Waals surface area contributed by atoms with Crippen LogP contribution in [0.2, 0.25) is 0 Å². The maximum atomic E-state index is 9.00. The normalized spacial score (nSPS) is 19.5. The first-order chi connectivity index (χ1) is 9.81. The molecule has 1 aromatic heterocycles. The van der Waals surface area contributed by atoms with Crippen molar-refractivity contribution in [2.24, 2.45) is 0 Å². The van der Waals surface area contributed by atoms with Crippen molar-refractivity contribution >= 4 is 5.69 Å². The molecule has 1 fully saturated rings. The lowest BCUT2D eigenvalue weighted by atomic mass is 10.0. The van der Waals surface area contributed by atoms with E-state index in [1.165, 1.54) is 38.8 Å². The summed E-state index contributed by atoms with van der Waals surface area (Å²) < 4.78 is 0. The van der Waals surface area contributed by atoms with Gasteiger partial charge in [-0.1, -0.05) is 6.42 Å². The molecule has 1 unspecified atom stereocenters. The molecular formula is C16H24N4. The van der Waals surface area contributed by atoms with Crippen LogP contribution in [0.15, 0.2) is 18.5 Å². The summed E-state index contributed by atoms with van der Waals surface area (Å²) in [7, 11) is 0. The highest BCUT2D eigenvalue weighted by molar-refractivity contribution is 5.55. The van der Waals surface area contributed by atoms with Crippen molar-refractivity contribution in [2.75, 3.05) is 25.0 Å². The lowest BCUT2D eigenvalue weighted by Gasteiger charge is -2.33. The van der Waals surface area contributed by atoms with E-state index in [1.54, 1.807) is 18.5 Å². The number of likely N-dealkylation sites (tertiary alicyclic amines) is 1. The molecule has 2 heterocycles. The first-order valence-electron chi connectivity index (χ1n) is 7.63. The van der Waals surface area contributed by atoms with Crippen molar-refractivity contribution in [1.82, 2.24) is 9.88 Å². The van der Waals surface area contributed by atoms with Gasteiger partial charge in [0.05, 0.1) is 17.4 Å². The Morgan fingerprint density at radius 1 is 1.45 bits per heavy atom. The van der Waals surface area contributed by atoms with Crippen LogP contribution >= 0.6 is 0 Å². The van der Waals surface area contributed by atoms with E-state index in [0.717, 1.165) is 24.7 Å². The second-order valence-electron chi connectivity index (χ2n) is 5.55. The number of nitrogens with one attached hydrogen (secondary N) is 1. The molecule has 1 saturated heterocycles. The minimum absolute atomic E-state index is 0.671. The average molecular weight is 272 g/mol. The summed E-state index contributed by atoms with van der Waals surface area (Å²) in [6, 6.07) is 4.68. The van der Waals surface area contributed by atoms with Crippen molar-refractivity contribution in [1.29, 1.82) is 5.26 Å². The van der Waals surface area contributed by atoms with Crippen LogP contribution in [0.5, 0.6) is 0 Å². The molecule has 0 amide bonds. The lowest BCUT2D eigenvalue weighted by Crippen LogP contribution is -2.38. The van der Waals surface area contributed by atoms with Gasteiger partial charge >= 0.3 is 0 Å². The quantitative estimate of drug-likeness (QED) is 0.809. The molecule has 1 N–H and O–H groups in total. The summed E-state index contributed by atoms with van der Waals surface area (Å²) in [6.07, 6.45) is 9.80. The summed E-state index contributed by atoms with van der Waals surface area (Å²) in [5, 5.41) is 12.3. The number of pyridine rings is 1. The zero-order valence-corrected chi connectivity index (χ0v) is 12.3. The van der Waals surface area contributed by atoms with E-state index in [9.17, 15) is 0 Å². The Morgan fingerprint density at radius 2 is 2.35 bits per heavy atom. The fraction of sp³-hybridized carbons (Fsp3) is 0.625. The second kappa shape index (κ2) is 7.86. The number of hydrogen-bond acceptors (Lipinski definition) is 4. The van der Waals surface area contributed by atoms with Gasteiger partial charge in [-0.3, -0.25) is 4.98 Å². The van der Waals surface area contributed by atoms with Gasteiger partial charge in [-0.15, -0.1) is 0 Å². The molecule has 0 radical (unpaired) electrons. The Labute approximate surface area is 121 Å². The molecule has 1 aliphatic rings. The van der Waals surface area contributed by atoms with Crippen molar-refractivity contribution < 1.29 is 0 Å². The lowest BCUT2D eigenvalue weighted by molar-refractivity contribution is 0.158. The van der Waals surface area contributed by atoms with Gasteiger partial charge in [0, 0.05) is 18.8 Å². The van der Waals surface area contributed by atoms with Crippen LogP contribution in [-0.2, 0) is 0 Å². The van der Waals surface area contributed by atoms with E-state index in [-0.39, 0.29) is 0 Å². The van der Waals surface area contributed by atoms with Gasteiger partial charge in [0.2, 0.25) is 0 Å². The highest BCUT2D eigenvalue weighted by atomic mass is 15.2. The first kappa shape index (κ1) is 14.8. The molecule has 108 valence electrons. The molecular weight excluding hydrogens is 248 g/mol. The standard InChI is InChI=1S/C16H24N4/c1-14-6-2-4-10-20(14)11-5-3-8-19-16-13-18-9-7-15(16)12-17/h7,9,13-14,19H,2-6,8,10-11H2,1H3. The van der Waals surface area contributed by atoms with Gasteiger partial charge in [-0.05, 0) is 51.8 Å². The minimum atomic E-state index is 0.671. The number of aromatic nitrogens is 1. The van der Waals surface area contributed by atoms with Gasteiger partial charge < -0.3 is 10.2 Å². The molecule has 0 bridgehead atoms. The molecule has 1 aromatic rings. The summed E-state index contributed by atoms with van der Waals surface area (Å²) in [5.74, 6) is 0. The van der Waals surface area contributed by atoms with Crippen LogP contribution in [0.25, 0.3) is 0 Å². The van der Waals surface area contributed by atoms with Crippen LogP contribution in [0, 0.1) is 11.3 Å². The van der Waals surface area contributed by atoms with Crippen LogP contribution in [0.4, 0.5) is 5.69 Å². The maximum Gasteiger partial charge on any atom is 0.101 e. The first-order valence-corrected chi connectivity index (χ1v) is 7.63. The molecule has 20 heavy (non-hydrogen) atoms. The van der Waals surface area contributed by atoms with Crippen LogP contribution < -0.4 is 5.32 Å². The monoisotopic (exact) mass is 272 g/mol. The van der Waals surface area contributed by atoms with E-state index in [2.05, 4.69) is 28.2 Å². The highest BCUT2D eigenvalue weighted by Crippen LogP contribution is 2.17. The Kier molecular flexibility index (Phi) is 5.82. The Balaban J connectivity index is 1.65. The fourth-order valence-electron chi connectivity index (χ4n) is 2.79. The zero-order chi connectivity index (χ0) is 14.2. The summed E-state index contributed by atoms with van der Waals surface area (Å²) in [5.41, 5.74) is 1.52. The number of nitriles is 1. The van der Waals surface area contributed by atoms with E-state index < -0.39 is 0 Å². The molecule has 4 nitrogen and oxygen atoms in total. The van der Waals surface area contributed by atoms with E-state index in [0.29, 0.717) is 5.56 Å². The third kappa shape index (κ3) is 4.21. The molecule has 1 atom stereocenters. The number of nitrogens with zero attached hydrogens (tertiary/aromatic N) is 3. The van der Waals surface area contributed by atoms with Crippen molar-refractivity contribution in [3.8, 4) is 6.07 Å². The van der Waals surface area contributed by atoms with Crippen molar-refractivity contribution in [3.63, 3.8) is 0 Å². The summed E-state index contributed by atoms with van der Waals surface area (Å²) >= 11 is 0. The predicted molar refractivity (Wildman–Crippen MR) is 81.6 cm³/mol. The molecule has 0 aliphatic carbocycles. The smallest absolute Gasteiger partial charge is 0.101 e. The number of unbranched alkanes of at least 4 members (excludes halogenated alkanes) is 1. The maximum absolute atomic E-state index is 9.00. The average Bonchev–Trinajstić information content (AvgIpc) is 2.49. The largest absolute Gasteiger partial charge is 0.383 e. The number of hydrogen-bond donors (Lipinski definition) is 1. The van der Waals surface area contributed by atoms with Gasteiger partial charge in [-0.25, -0.2) is 0 Å². The van der Waals surface area contributed by atoms with Crippen LogP contribution in [0.1, 0.15) is 44.6 Å². The third-order valence-electron chi connectivity index (χ3n) is 4.07. The molecule has 4 heteroatoms. The molecule has 0 spiro atoms. The number of rotatable bonds is 6. The van der Waals surface area contributed by atoms with Gasteiger partial charge in [0.1, 0.15) is 6.07 Å². The SMILES string of the molecule is CC1CCCCN1CCCCNc1cnccc1C#N. The topological polar surface area (TPSA) is 52.0 Å². The molecule has 2 rings (SSSR count). The van der Waals surface area contributed by atoms with Crippen LogP contribution in [-0.4, -0.2) is 35.6 Å². The van der Waals surface area contributed by atoms with Crippen molar-refractivity contribution in [2.45, 2.75) is 45.1 Å². The van der Waals surface area contributed by atoms with Crippen molar-refractivity contribution in [3.05, 3.63) is 24.0 Å². The minimum Gasteiger partial charge on any atom is -0.383 e. The van der Waals surface area contributed by atoms with E-state index in [1.807, 2.05) is 0 Å². The number of anilines is 1. The summed E-state index contributed by atoms with van der Waals surface area (Å²) in [6.45, 7) is 5.70. The Morgan fingerprint density at radius 3 is 3.15 bits per heavy atom. The second-order valence-corrected chi connectivity index (χ2v) is 5.55. The third-order valence-corrected chi connectivity index (χ3v) is 4.07. The zero-order valence-electron chi connectivity index (χ0n) is 12.3. The molecule has 0 saturated carbocycles. The van der Waals surface area contributed by atoms with E-state index in [4.69, 9.17) is 5.26 Å². The van der Waals surface area contributed by atoms with Crippen LogP contribution in [0.3, 0.4) is 0 Å². The Bertz CT molecular complexity index is 452.